The van der Waals surface area contributed by atoms with Gasteiger partial charge in [0.15, 0.2) is 0 Å². The molecule has 8 heteroatoms. The minimum absolute atomic E-state index is 0.137. The molecule has 0 saturated carbocycles. The zero-order chi connectivity index (χ0) is 19.0. The predicted octanol–water partition coefficient (Wildman–Crippen LogP) is 2.24. The Labute approximate surface area is 158 Å². The highest BCUT2D eigenvalue weighted by Crippen LogP contribution is 2.22. The molecule has 0 aliphatic carbocycles. The maximum absolute atomic E-state index is 12.8. The molecule has 27 heavy (non-hydrogen) atoms. The van der Waals surface area contributed by atoms with Crippen molar-refractivity contribution in [2.24, 2.45) is 0 Å². The number of H-pyrrole nitrogens is 1. The molecule has 0 aliphatic rings. The van der Waals surface area contributed by atoms with E-state index in [-0.39, 0.29) is 24.6 Å². The number of nitrogens with zero attached hydrogens (tertiary/aromatic N) is 2. The monoisotopic (exact) mass is 382 g/mol. The van der Waals surface area contributed by atoms with Crippen LogP contribution < -0.4 is 10.9 Å². The number of halogens is 1. The molecule has 2 aromatic heterocycles. The number of carbonyl (C=O) groups excluding carboxylic acids is 1. The molecule has 136 valence electrons. The number of hydrogen-bond donors (Lipinski definition) is 3. The number of benzene rings is 2. The molecule has 0 fully saturated rings. The van der Waals surface area contributed by atoms with Gasteiger partial charge in [0.05, 0.1) is 28.7 Å². The fraction of sp³-hybridized carbons (Fsp3) is 0.105. The first kappa shape index (κ1) is 17.3. The van der Waals surface area contributed by atoms with E-state index in [1.807, 2.05) is 0 Å². The van der Waals surface area contributed by atoms with Crippen molar-refractivity contribution < 1.29 is 9.90 Å². The molecular weight excluding hydrogens is 368 g/mol. The lowest BCUT2D eigenvalue weighted by Gasteiger charge is -2.05. The van der Waals surface area contributed by atoms with E-state index in [1.165, 1.54) is 10.9 Å². The first-order chi connectivity index (χ1) is 13.1. The van der Waals surface area contributed by atoms with Gasteiger partial charge in [-0.05, 0) is 42.5 Å². The van der Waals surface area contributed by atoms with Crippen molar-refractivity contribution >= 4 is 39.3 Å². The molecule has 7 nitrogen and oxygen atoms in total. The number of pyridine rings is 1. The third-order valence-corrected chi connectivity index (χ3v) is 4.52. The van der Waals surface area contributed by atoms with E-state index in [2.05, 4.69) is 15.4 Å². The zero-order valence-corrected chi connectivity index (χ0v) is 14.8. The number of aromatic nitrogens is 3. The molecule has 4 aromatic rings. The number of aliphatic hydroxyl groups is 1. The van der Waals surface area contributed by atoms with Crippen molar-refractivity contribution in [3.8, 4) is 5.69 Å². The van der Waals surface area contributed by atoms with E-state index < -0.39 is 0 Å². The van der Waals surface area contributed by atoms with Gasteiger partial charge in [-0.2, -0.15) is 0 Å². The second-order valence-electron chi connectivity index (χ2n) is 5.99. The van der Waals surface area contributed by atoms with Gasteiger partial charge in [-0.1, -0.05) is 11.6 Å². The first-order valence-corrected chi connectivity index (χ1v) is 8.65. The van der Waals surface area contributed by atoms with Crippen LogP contribution in [0.15, 0.2) is 53.5 Å². The molecule has 2 aromatic carbocycles. The Morgan fingerprint density at radius 2 is 1.96 bits per heavy atom. The summed E-state index contributed by atoms with van der Waals surface area (Å²) in [7, 11) is 0. The number of aromatic amines is 1. The predicted molar refractivity (Wildman–Crippen MR) is 104 cm³/mol. The molecule has 0 aliphatic heterocycles. The summed E-state index contributed by atoms with van der Waals surface area (Å²) in [6.07, 6.45) is 1.52. The van der Waals surface area contributed by atoms with Crippen LogP contribution >= 0.6 is 11.6 Å². The summed E-state index contributed by atoms with van der Waals surface area (Å²) in [6, 6.07) is 11.9. The lowest BCUT2D eigenvalue weighted by molar-refractivity contribution is 0.0945. The average Bonchev–Trinajstić information content (AvgIpc) is 3.03. The fourth-order valence-electron chi connectivity index (χ4n) is 2.94. The number of aliphatic hydroxyl groups excluding tert-OH is 1. The normalized spacial score (nSPS) is 11.2. The lowest BCUT2D eigenvalue weighted by Crippen LogP contribution is -2.26. The van der Waals surface area contributed by atoms with Gasteiger partial charge in [0.25, 0.3) is 11.5 Å². The Kier molecular flexibility index (Phi) is 4.39. The minimum atomic E-state index is -0.303. The van der Waals surface area contributed by atoms with Crippen LogP contribution in [0.1, 0.15) is 10.4 Å². The number of amides is 1. The van der Waals surface area contributed by atoms with E-state index in [0.717, 1.165) is 0 Å². The molecule has 3 N–H and O–H groups in total. The summed E-state index contributed by atoms with van der Waals surface area (Å²) in [6.45, 7) is 0.0332. The first-order valence-electron chi connectivity index (χ1n) is 8.27. The van der Waals surface area contributed by atoms with E-state index in [0.29, 0.717) is 38.1 Å². The van der Waals surface area contributed by atoms with Crippen molar-refractivity contribution in [3.05, 3.63) is 69.6 Å². The Morgan fingerprint density at radius 1 is 1.19 bits per heavy atom. The van der Waals surface area contributed by atoms with Crippen LogP contribution in [0.25, 0.3) is 27.5 Å². The van der Waals surface area contributed by atoms with Gasteiger partial charge in [-0.3, -0.25) is 19.7 Å². The number of rotatable bonds is 4. The number of carbonyl (C=O) groups is 1. The van der Waals surface area contributed by atoms with E-state index >= 15 is 0 Å². The molecular formula is C19H15ClN4O3. The van der Waals surface area contributed by atoms with Gasteiger partial charge < -0.3 is 10.4 Å². The van der Waals surface area contributed by atoms with Gasteiger partial charge in [0, 0.05) is 28.7 Å². The van der Waals surface area contributed by atoms with Gasteiger partial charge in [0.2, 0.25) is 0 Å². The summed E-state index contributed by atoms with van der Waals surface area (Å²) in [4.78, 5) is 29.3. The van der Waals surface area contributed by atoms with Crippen molar-refractivity contribution in [1.29, 1.82) is 0 Å². The molecule has 0 bridgehead atoms. The molecule has 1 amide bonds. The smallest absolute Gasteiger partial charge is 0.280 e. The number of fused-ring (bicyclic) bond motifs is 3. The summed E-state index contributed by atoms with van der Waals surface area (Å²) < 4.78 is 1.42. The third-order valence-electron chi connectivity index (χ3n) is 4.27. The van der Waals surface area contributed by atoms with Crippen LogP contribution in [-0.4, -0.2) is 38.9 Å². The number of hydrogen-bond acceptors (Lipinski definition) is 4. The molecule has 0 unspecified atom stereocenters. The van der Waals surface area contributed by atoms with Crippen molar-refractivity contribution in [3.63, 3.8) is 0 Å². The SMILES string of the molecule is O=C(NCCO)c1ccc2ncc3c(=O)n(-c4ccc(Cl)cc4)[nH]c3c2c1. The van der Waals surface area contributed by atoms with Crippen LogP contribution in [0.3, 0.4) is 0 Å². The van der Waals surface area contributed by atoms with Gasteiger partial charge in [-0.15, -0.1) is 0 Å². The molecule has 0 spiro atoms. The highest BCUT2D eigenvalue weighted by molar-refractivity contribution is 6.30. The van der Waals surface area contributed by atoms with Crippen molar-refractivity contribution in [2.75, 3.05) is 13.2 Å². The lowest BCUT2D eigenvalue weighted by atomic mass is 10.1. The zero-order valence-electron chi connectivity index (χ0n) is 14.1. The Balaban J connectivity index is 1.89. The Bertz CT molecular complexity index is 1210. The van der Waals surface area contributed by atoms with E-state index in [4.69, 9.17) is 16.7 Å². The van der Waals surface area contributed by atoms with Crippen LogP contribution in [0.4, 0.5) is 0 Å². The maximum atomic E-state index is 12.8. The van der Waals surface area contributed by atoms with Crippen LogP contribution in [0, 0.1) is 0 Å². The van der Waals surface area contributed by atoms with Crippen molar-refractivity contribution in [2.45, 2.75) is 0 Å². The summed E-state index contributed by atoms with van der Waals surface area (Å²) in [5.74, 6) is -0.303. The van der Waals surface area contributed by atoms with Crippen LogP contribution in [0.5, 0.6) is 0 Å². The number of nitrogens with one attached hydrogen (secondary N) is 2. The fourth-order valence-corrected chi connectivity index (χ4v) is 3.07. The second kappa shape index (κ2) is 6.86. The largest absolute Gasteiger partial charge is 0.395 e. The molecule has 0 atom stereocenters. The Hall–Kier alpha value is -3.16. The molecule has 0 radical (unpaired) electrons. The maximum Gasteiger partial charge on any atom is 0.280 e. The van der Waals surface area contributed by atoms with Crippen LogP contribution in [0.2, 0.25) is 5.02 Å². The summed E-state index contributed by atoms with van der Waals surface area (Å²) in [5.41, 5.74) is 2.08. The quantitative estimate of drug-likeness (QED) is 0.504. The van der Waals surface area contributed by atoms with Gasteiger partial charge >= 0.3 is 0 Å². The third kappa shape index (κ3) is 3.07. The highest BCUT2D eigenvalue weighted by atomic mass is 35.5. The summed E-state index contributed by atoms with van der Waals surface area (Å²) >= 11 is 5.92. The Morgan fingerprint density at radius 3 is 2.70 bits per heavy atom. The van der Waals surface area contributed by atoms with E-state index in [9.17, 15) is 9.59 Å². The second-order valence-corrected chi connectivity index (χ2v) is 6.42. The standard InChI is InChI=1S/C19H15ClN4O3/c20-12-2-4-13(5-3-12)24-19(27)15-10-22-16-6-1-11(18(26)21-7-8-25)9-14(16)17(15)23-24/h1-6,9-10,23,25H,7-8H2,(H,21,26). The van der Waals surface area contributed by atoms with Crippen LogP contribution in [-0.2, 0) is 0 Å². The minimum Gasteiger partial charge on any atom is -0.395 e. The topological polar surface area (TPSA) is 100 Å². The van der Waals surface area contributed by atoms with Gasteiger partial charge in [0.1, 0.15) is 0 Å². The average molecular weight is 383 g/mol. The molecule has 2 heterocycles. The highest BCUT2D eigenvalue weighted by Gasteiger charge is 2.14. The van der Waals surface area contributed by atoms with E-state index in [1.54, 1.807) is 42.5 Å². The van der Waals surface area contributed by atoms with Gasteiger partial charge in [-0.25, -0.2) is 4.68 Å². The molecule has 0 saturated heterocycles. The summed E-state index contributed by atoms with van der Waals surface area (Å²) in [5, 5.41) is 16.2. The van der Waals surface area contributed by atoms with Crippen molar-refractivity contribution in [1.82, 2.24) is 20.1 Å². The molecule has 4 rings (SSSR count).